The number of methoxy groups -OCH3 is 1. The highest BCUT2D eigenvalue weighted by Crippen LogP contribution is 2.27. The van der Waals surface area contributed by atoms with Crippen LogP contribution in [0.4, 0.5) is 0 Å². The lowest BCUT2D eigenvalue weighted by Crippen LogP contribution is -2.40. The van der Waals surface area contributed by atoms with Crippen molar-refractivity contribution >= 4 is 11.8 Å². The number of aromatic nitrogens is 3. The van der Waals surface area contributed by atoms with E-state index in [0.29, 0.717) is 24.9 Å². The highest BCUT2D eigenvalue weighted by molar-refractivity contribution is 5.96. The predicted molar refractivity (Wildman–Crippen MR) is 101 cm³/mol. The van der Waals surface area contributed by atoms with E-state index < -0.39 is 12.1 Å². The smallest absolute Gasteiger partial charge is 0.257 e. The summed E-state index contributed by atoms with van der Waals surface area (Å²) in [5.74, 6) is -0.593. The summed E-state index contributed by atoms with van der Waals surface area (Å²) in [7, 11) is 1.44. The Morgan fingerprint density at radius 2 is 2.18 bits per heavy atom. The average molecular weight is 387 g/mol. The van der Waals surface area contributed by atoms with Crippen LogP contribution in [0.3, 0.4) is 0 Å². The lowest BCUT2D eigenvalue weighted by atomic mass is 10.1. The van der Waals surface area contributed by atoms with Crippen LogP contribution in [0.15, 0.2) is 36.8 Å². The van der Waals surface area contributed by atoms with E-state index in [2.05, 4.69) is 20.7 Å². The molecular formula is C19H25N5O4. The largest absolute Gasteiger partial charge is 0.480 e. The molecule has 1 saturated carbocycles. The van der Waals surface area contributed by atoms with Gasteiger partial charge in [0.15, 0.2) is 0 Å². The quantitative estimate of drug-likeness (QED) is 0.563. The first kappa shape index (κ1) is 19.8. The number of rotatable bonds is 8. The predicted octanol–water partition coefficient (Wildman–Crippen LogP) is 0.362. The van der Waals surface area contributed by atoms with Crippen molar-refractivity contribution in [1.82, 2.24) is 25.4 Å². The third kappa shape index (κ3) is 4.86. The number of carbonyl (C=O) groups is 2. The minimum absolute atomic E-state index is 0.102. The van der Waals surface area contributed by atoms with Crippen molar-refractivity contribution in [3.63, 3.8) is 0 Å². The average Bonchev–Trinajstić information content (AvgIpc) is 3.35. The summed E-state index contributed by atoms with van der Waals surface area (Å²) < 4.78 is 6.90. The fourth-order valence-corrected chi connectivity index (χ4v) is 3.39. The van der Waals surface area contributed by atoms with Crippen LogP contribution in [0.5, 0.6) is 5.88 Å². The van der Waals surface area contributed by atoms with Crippen molar-refractivity contribution in [2.24, 2.45) is 5.92 Å². The highest BCUT2D eigenvalue weighted by atomic mass is 16.5. The Bertz CT molecular complexity index is 795. The molecule has 2 heterocycles. The van der Waals surface area contributed by atoms with E-state index >= 15 is 0 Å². The fourth-order valence-electron chi connectivity index (χ4n) is 3.39. The standard InChI is InChI=1S/C19H25N5O4/c1-28-19-14(5-2-6-21-19)18(27)23-15-11-13(12-16(15)25)17(26)20-7-3-9-24-10-4-8-22-24/h2,4-6,8,10,13,15-16,25H,3,7,9,11-12H2,1H3,(H,20,26)(H,23,27)/t13-,15-,16-/m0/s1. The normalized spacial score (nSPS) is 21.3. The summed E-state index contributed by atoms with van der Waals surface area (Å²) in [6.45, 7) is 1.27. The Morgan fingerprint density at radius 3 is 2.93 bits per heavy atom. The molecular weight excluding hydrogens is 362 g/mol. The van der Waals surface area contributed by atoms with Crippen molar-refractivity contribution in [3.05, 3.63) is 42.4 Å². The minimum Gasteiger partial charge on any atom is -0.480 e. The summed E-state index contributed by atoms with van der Waals surface area (Å²) >= 11 is 0. The molecule has 0 spiro atoms. The van der Waals surface area contributed by atoms with Gasteiger partial charge in [-0.05, 0) is 37.5 Å². The van der Waals surface area contributed by atoms with Crippen LogP contribution in [0.1, 0.15) is 29.6 Å². The molecule has 2 aromatic rings. The van der Waals surface area contributed by atoms with Crippen molar-refractivity contribution in [2.45, 2.75) is 38.0 Å². The molecule has 1 aliphatic carbocycles. The van der Waals surface area contributed by atoms with Crippen molar-refractivity contribution in [1.29, 1.82) is 0 Å². The topological polar surface area (TPSA) is 118 Å². The molecule has 1 fully saturated rings. The highest BCUT2D eigenvalue weighted by Gasteiger charge is 2.38. The molecule has 2 aromatic heterocycles. The zero-order chi connectivity index (χ0) is 19.9. The SMILES string of the molecule is COc1ncccc1C(=O)N[C@H]1C[C@H](C(=O)NCCCn2cccn2)C[C@@H]1O. The van der Waals surface area contributed by atoms with Crippen LogP contribution in [0, 0.1) is 5.92 Å². The van der Waals surface area contributed by atoms with Gasteiger partial charge < -0.3 is 20.5 Å². The maximum Gasteiger partial charge on any atom is 0.257 e. The second-order valence-electron chi connectivity index (χ2n) is 6.79. The maximum absolute atomic E-state index is 12.5. The number of aryl methyl sites for hydroxylation is 1. The Balaban J connectivity index is 1.46. The number of aliphatic hydroxyl groups excluding tert-OH is 1. The Morgan fingerprint density at radius 1 is 1.32 bits per heavy atom. The van der Waals surface area contributed by atoms with E-state index in [1.807, 2.05) is 16.9 Å². The van der Waals surface area contributed by atoms with E-state index in [1.54, 1.807) is 18.3 Å². The lowest BCUT2D eigenvalue weighted by Gasteiger charge is -2.17. The molecule has 0 bridgehead atoms. The van der Waals surface area contributed by atoms with E-state index in [-0.39, 0.29) is 23.6 Å². The van der Waals surface area contributed by atoms with Gasteiger partial charge in [-0.1, -0.05) is 0 Å². The third-order valence-electron chi connectivity index (χ3n) is 4.85. The zero-order valence-electron chi connectivity index (χ0n) is 15.7. The number of nitrogens with zero attached hydrogens (tertiary/aromatic N) is 3. The fraction of sp³-hybridized carbons (Fsp3) is 0.474. The van der Waals surface area contributed by atoms with Crippen LogP contribution in [0.2, 0.25) is 0 Å². The van der Waals surface area contributed by atoms with Gasteiger partial charge >= 0.3 is 0 Å². The molecule has 1 aliphatic rings. The number of ether oxygens (including phenoxy) is 1. The Hall–Kier alpha value is -2.94. The number of amides is 2. The first-order chi connectivity index (χ1) is 13.6. The summed E-state index contributed by atoms with van der Waals surface area (Å²) in [6.07, 6.45) is 5.83. The summed E-state index contributed by atoms with van der Waals surface area (Å²) in [6, 6.07) is 4.61. The Labute approximate surface area is 163 Å². The molecule has 9 nitrogen and oxygen atoms in total. The van der Waals surface area contributed by atoms with E-state index in [1.165, 1.54) is 13.3 Å². The second kappa shape index (κ2) is 9.32. The zero-order valence-corrected chi connectivity index (χ0v) is 15.7. The monoisotopic (exact) mass is 387 g/mol. The van der Waals surface area contributed by atoms with Gasteiger partial charge in [-0.2, -0.15) is 5.10 Å². The molecule has 0 radical (unpaired) electrons. The van der Waals surface area contributed by atoms with Gasteiger partial charge in [0.05, 0.1) is 19.3 Å². The second-order valence-corrected chi connectivity index (χ2v) is 6.79. The molecule has 9 heteroatoms. The van der Waals surface area contributed by atoms with Crippen molar-refractivity contribution < 1.29 is 19.4 Å². The number of carbonyl (C=O) groups excluding carboxylic acids is 2. The van der Waals surface area contributed by atoms with Gasteiger partial charge in [-0.15, -0.1) is 0 Å². The van der Waals surface area contributed by atoms with Gasteiger partial charge in [0.2, 0.25) is 11.8 Å². The number of hydrogen-bond acceptors (Lipinski definition) is 6. The van der Waals surface area contributed by atoms with Crippen LogP contribution < -0.4 is 15.4 Å². The summed E-state index contributed by atoms with van der Waals surface area (Å²) in [4.78, 5) is 28.8. The molecule has 150 valence electrons. The van der Waals surface area contributed by atoms with Gasteiger partial charge in [0, 0.05) is 37.6 Å². The molecule has 0 saturated heterocycles. The molecule has 3 rings (SSSR count). The van der Waals surface area contributed by atoms with Crippen molar-refractivity contribution in [2.75, 3.05) is 13.7 Å². The first-order valence-corrected chi connectivity index (χ1v) is 9.31. The summed E-state index contributed by atoms with van der Waals surface area (Å²) in [5.41, 5.74) is 0.295. The van der Waals surface area contributed by atoms with Gasteiger partial charge in [0.25, 0.3) is 5.91 Å². The molecule has 0 aliphatic heterocycles. The third-order valence-corrected chi connectivity index (χ3v) is 4.85. The van der Waals surface area contributed by atoms with Crippen molar-refractivity contribution in [3.8, 4) is 5.88 Å². The first-order valence-electron chi connectivity index (χ1n) is 9.31. The molecule has 2 amide bonds. The van der Waals surface area contributed by atoms with Gasteiger partial charge in [-0.3, -0.25) is 14.3 Å². The molecule has 3 atom stereocenters. The van der Waals surface area contributed by atoms with Crippen LogP contribution in [-0.4, -0.2) is 57.5 Å². The molecule has 0 aromatic carbocycles. The van der Waals surface area contributed by atoms with Crippen LogP contribution in [-0.2, 0) is 11.3 Å². The molecule has 28 heavy (non-hydrogen) atoms. The van der Waals surface area contributed by atoms with Gasteiger partial charge in [0.1, 0.15) is 5.56 Å². The number of hydrogen-bond donors (Lipinski definition) is 3. The summed E-state index contributed by atoms with van der Waals surface area (Å²) in [5, 5.41) is 20.1. The number of nitrogens with one attached hydrogen (secondary N) is 2. The minimum atomic E-state index is -0.772. The van der Waals surface area contributed by atoms with E-state index in [9.17, 15) is 14.7 Å². The maximum atomic E-state index is 12.5. The van der Waals surface area contributed by atoms with E-state index in [0.717, 1.165) is 13.0 Å². The number of pyridine rings is 1. The van der Waals surface area contributed by atoms with Crippen LogP contribution in [0.25, 0.3) is 0 Å². The molecule has 3 N–H and O–H groups in total. The number of aliphatic hydroxyl groups is 1. The van der Waals surface area contributed by atoms with E-state index in [4.69, 9.17) is 4.74 Å². The van der Waals surface area contributed by atoms with Gasteiger partial charge in [-0.25, -0.2) is 4.98 Å². The Kier molecular flexibility index (Phi) is 6.59. The molecule has 0 unspecified atom stereocenters. The van der Waals surface area contributed by atoms with Crippen LogP contribution >= 0.6 is 0 Å². The lowest BCUT2D eigenvalue weighted by molar-refractivity contribution is -0.125.